The summed E-state index contributed by atoms with van der Waals surface area (Å²) in [5.41, 5.74) is 0.676. The number of benzene rings is 1. The zero-order valence-electron chi connectivity index (χ0n) is 14.2. The molecule has 0 heterocycles. The van der Waals surface area contributed by atoms with Crippen LogP contribution in [-0.2, 0) is 20.8 Å². The number of rotatable bonds is 9. The summed E-state index contributed by atoms with van der Waals surface area (Å²) in [6.45, 7) is 3.69. The lowest BCUT2D eigenvalue weighted by Gasteiger charge is -2.16. The molecule has 2 amide bonds. The maximum absolute atomic E-state index is 12.1. The zero-order chi connectivity index (χ0) is 18.1. The normalized spacial score (nSPS) is 11.7. The summed E-state index contributed by atoms with van der Waals surface area (Å²) >= 11 is 0. The van der Waals surface area contributed by atoms with Crippen molar-refractivity contribution >= 4 is 17.8 Å². The summed E-state index contributed by atoms with van der Waals surface area (Å²) in [6, 6.07) is 5.89. The van der Waals surface area contributed by atoms with Crippen molar-refractivity contribution in [3.8, 4) is 5.75 Å². The van der Waals surface area contributed by atoms with Crippen molar-refractivity contribution in [1.29, 1.82) is 0 Å². The second-order valence-corrected chi connectivity index (χ2v) is 5.87. The Bertz CT molecular complexity index is 586. The summed E-state index contributed by atoms with van der Waals surface area (Å²) in [6.07, 6.45) is 0.412. The van der Waals surface area contributed by atoms with Crippen LogP contribution in [0.4, 0.5) is 0 Å². The Labute approximate surface area is 141 Å². The average Bonchev–Trinajstić information content (AvgIpc) is 2.51. The molecule has 132 valence electrons. The van der Waals surface area contributed by atoms with Crippen molar-refractivity contribution < 1.29 is 24.2 Å². The number of hydrogen-bond donors (Lipinski definition) is 3. The Kier molecular flexibility index (Phi) is 7.74. The summed E-state index contributed by atoms with van der Waals surface area (Å²) in [7, 11) is 1.52. The molecule has 0 aromatic heterocycles. The van der Waals surface area contributed by atoms with Gasteiger partial charge in [0.1, 0.15) is 11.8 Å². The maximum Gasteiger partial charge on any atom is 0.326 e. The van der Waals surface area contributed by atoms with Gasteiger partial charge in [-0.15, -0.1) is 0 Å². The molecular weight excluding hydrogens is 312 g/mol. The highest BCUT2D eigenvalue weighted by molar-refractivity contribution is 5.84. The summed E-state index contributed by atoms with van der Waals surface area (Å²) in [4.78, 5) is 34.4. The molecule has 24 heavy (non-hydrogen) atoms. The maximum atomic E-state index is 12.1. The molecule has 1 aromatic rings. The number of aliphatic carboxylic acids is 1. The minimum atomic E-state index is -1.04. The number of carboxylic acid groups (broad SMARTS) is 1. The van der Waals surface area contributed by atoms with Gasteiger partial charge in [0.25, 0.3) is 5.91 Å². The number of hydrogen-bond acceptors (Lipinski definition) is 4. The molecule has 0 unspecified atom stereocenters. The molecule has 0 bridgehead atoms. The predicted octanol–water partition coefficient (Wildman–Crippen LogP) is 0.969. The molecule has 0 fully saturated rings. The van der Waals surface area contributed by atoms with Crippen LogP contribution in [-0.4, -0.2) is 42.6 Å². The zero-order valence-corrected chi connectivity index (χ0v) is 14.2. The van der Waals surface area contributed by atoms with E-state index in [1.165, 1.54) is 7.05 Å². The Morgan fingerprint density at radius 1 is 1.21 bits per heavy atom. The summed E-state index contributed by atoms with van der Waals surface area (Å²) < 4.78 is 5.31. The van der Waals surface area contributed by atoms with Crippen LogP contribution in [0.3, 0.4) is 0 Å². The van der Waals surface area contributed by atoms with Crippen molar-refractivity contribution in [2.75, 3.05) is 13.7 Å². The van der Waals surface area contributed by atoms with Crippen LogP contribution in [0.25, 0.3) is 0 Å². The van der Waals surface area contributed by atoms with Gasteiger partial charge in [0.2, 0.25) is 5.91 Å². The van der Waals surface area contributed by atoms with Crippen molar-refractivity contribution in [3.63, 3.8) is 0 Å². The van der Waals surface area contributed by atoms with E-state index in [-0.39, 0.29) is 30.8 Å². The van der Waals surface area contributed by atoms with E-state index in [1.807, 2.05) is 13.8 Å². The van der Waals surface area contributed by atoms with Gasteiger partial charge in [0, 0.05) is 7.05 Å². The van der Waals surface area contributed by atoms with Crippen LogP contribution in [0.15, 0.2) is 24.3 Å². The van der Waals surface area contributed by atoms with Gasteiger partial charge >= 0.3 is 5.97 Å². The molecule has 0 aliphatic rings. The molecule has 1 atom stereocenters. The lowest BCUT2D eigenvalue weighted by atomic mass is 10.0. The highest BCUT2D eigenvalue weighted by Crippen LogP contribution is 2.14. The minimum absolute atomic E-state index is 0.0407. The van der Waals surface area contributed by atoms with Gasteiger partial charge in [-0.2, -0.15) is 0 Å². The first-order valence-electron chi connectivity index (χ1n) is 7.76. The Hall–Kier alpha value is -2.57. The van der Waals surface area contributed by atoms with Crippen LogP contribution in [0.5, 0.6) is 5.75 Å². The SMILES string of the molecule is CNC(=O)COc1cccc(CC(=O)N[C@H](CC(C)C)C(=O)O)c1. The molecular formula is C17H24N2O5. The van der Waals surface area contributed by atoms with Gasteiger partial charge in [-0.3, -0.25) is 9.59 Å². The van der Waals surface area contributed by atoms with Crippen LogP contribution in [0.1, 0.15) is 25.8 Å². The molecule has 3 N–H and O–H groups in total. The largest absolute Gasteiger partial charge is 0.484 e. The molecule has 0 saturated carbocycles. The molecule has 0 aliphatic heterocycles. The van der Waals surface area contributed by atoms with E-state index in [1.54, 1.807) is 24.3 Å². The number of likely N-dealkylation sites (N-methyl/N-ethyl adjacent to an activating group) is 1. The van der Waals surface area contributed by atoms with E-state index >= 15 is 0 Å². The molecule has 1 rings (SSSR count). The Morgan fingerprint density at radius 3 is 2.50 bits per heavy atom. The quantitative estimate of drug-likeness (QED) is 0.623. The summed E-state index contributed by atoms with van der Waals surface area (Å²) in [5, 5.41) is 14.1. The fourth-order valence-electron chi connectivity index (χ4n) is 2.09. The molecule has 7 heteroatoms. The number of amides is 2. The lowest BCUT2D eigenvalue weighted by Crippen LogP contribution is -2.42. The Balaban J connectivity index is 2.63. The van der Waals surface area contributed by atoms with E-state index in [2.05, 4.69) is 10.6 Å². The first kappa shape index (κ1) is 19.5. The van der Waals surface area contributed by atoms with Gasteiger partial charge in [0.15, 0.2) is 6.61 Å². The highest BCUT2D eigenvalue weighted by Gasteiger charge is 2.21. The van der Waals surface area contributed by atoms with Gasteiger partial charge in [-0.05, 0) is 30.0 Å². The summed E-state index contributed by atoms with van der Waals surface area (Å²) in [5.74, 6) is -1.03. The topological polar surface area (TPSA) is 105 Å². The fraction of sp³-hybridized carbons (Fsp3) is 0.471. The van der Waals surface area contributed by atoms with Crippen molar-refractivity contribution in [1.82, 2.24) is 10.6 Å². The van der Waals surface area contributed by atoms with E-state index in [4.69, 9.17) is 9.84 Å². The van der Waals surface area contributed by atoms with Crippen LogP contribution < -0.4 is 15.4 Å². The molecule has 0 radical (unpaired) electrons. The highest BCUT2D eigenvalue weighted by atomic mass is 16.5. The van der Waals surface area contributed by atoms with Gasteiger partial charge < -0.3 is 20.5 Å². The number of ether oxygens (including phenoxy) is 1. The number of carboxylic acids is 1. The van der Waals surface area contributed by atoms with E-state index in [0.717, 1.165) is 0 Å². The van der Waals surface area contributed by atoms with Crippen molar-refractivity contribution in [2.45, 2.75) is 32.7 Å². The van der Waals surface area contributed by atoms with Crippen molar-refractivity contribution in [2.24, 2.45) is 5.92 Å². The van der Waals surface area contributed by atoms with Gasteiger partial charge in [-0.25, -0.2) is 4.79 Å². The molecule has 0 spiro atoms. The second-order valence-electron chi connectivity index (χ2n) is 5.87. The number of nitrogens with one attached hydrogen (secondary N) is 2. The van der Waals surface area contributed by atoms with Crippen LogP contribution in [0, 0.1) is 5.92 Å². The molecule has 0 aliphatic carbocycles. The lowest BCUT2D eigenvalue weighted by molar-refractivity contribution is -0.142. The van der Waals surface area contributed by atoms with Crippen molar-refractivity contribution in [3.05, 3.63) is 29.8 Å². The van der Waals surface area contributed by atoms with E-state index in [9.17, 15) is 14.4 Å². The van der Waals surface area contributed by atoms with Crippen LogP contribution in [0.2, 0.25) is 0 Å². The number of carbonyl (C=O) groups is 3. The first-order valence-corrected chi connectivity index (χ1v) is 7.76. The fourth-order valence-corrected chi connectivity index (χ4v) is 2.09. The molecule has 7 nitrogen and oxygen atoms in total. The van der Waals surface area contributed by atoms with E-state index in [0.29, 0.717) is 17.7 Å². The predicted molar refractivity (Wildman–Crippen MR) is 88.7 cm³/mol. The smallest absolute Gasteiger partial charge is 0.326 e. The van der Waals surface area contributed by atoms with Gasteiger partial charge in [-0.1, -0.05) is 26.0 Å². The third kappa shape index (κ3) is 7.13. The standard InChI is InChI=1S/C17H24N2O5/c1-11(2)7-14(17(22)23)19-15(20)9-12-5-4-6-13(8-12)24-10-16(21)18-3/h4-6,8,11,14H,7,9-10H2,1-3H3,(H,18,21)(H,19,20)(H,22,23)/t14-/m1/s1. The first-order chi connectivity index (χ1) is 11.3. The second kappa shape index (κ2) is 9.54. The Morgan fingerprint density at radius 2 is 1.92 bits per heavy atom. The third-order valence-electron chi connectivity index (χ3n) is 3.25. The molecule has 1 aromatic carbocycles. The van der Waals surface area contributed by atoms with E-state index < -0.39 is 12.0 Å². The van der Waals surface area contributed by atoms with Gasteiger partial charge in [0.05, 0.1) is 6.42 Å². The molecule has 0 saturated heterocycles. The number of carbonyl (C=O) groups excluding carboxylic acids is 2. The van der Waals surface area contributed by atoms with Crippen LogP contribution >= 0.6 is 0 Å². The monoisotopic (exact) mass is 336 g/mol. The third-order valence-corrected chi connectivity index (χ3v) is 3.25. The minimum Gasteiger partial charge on any atom is -0.484 e. The average molecular weight is 336 g/mol.